The molecule has 4 heteroatoms. The minimum absolute atomic E-state index is 0.00104. The first-order valence-electron chi connectivity index (χ1n) is 19.6. The molecule has 0 bridgehead atoms. The van der Waals surface area contributed by atoms with Crippen LogP contribution >= 0.6 is 11.3 Å². The Kier molecular flexibility index (Phi) is 5.90. The quantitative estimate of drug-likeness (QED) is 0.154. The molecule has 3 aliphatic rings. The lowest BCUT2D eigenvalue weighted by molar-refractivity contribution is 0.332. The maximum Gasteiger partial charge on any atom is 0.333 e. The van der Waals surface area contributed by atoms with Crippen LogP contribution in [-0.4, -0.2) is 11.4 Å². The molecule has 0 radical (unpaired) electrons. The van der Waals surface area contributed by atoms with E-state index in [-0.39, 0.29) is 17.7 Å². The standard InChI is InChI=1S/C50H41BN2S/c1-28-15-18-30(19-16-28)53-39-21-22-42-44(33-13-9-10-14-41(33)54-42)46(39)45-32-12-8-7-11-31(32)43-34-26-35-36(50(5,6)24-23-49(35,3)4)27-40(34)52-38-20-17-29(2)25-37(38)51(53)47(45)48(43)52/h7-22,25-27H,23-24H2,1-6H3. The van der Waals surface area contributed by atoms with Gasteiger partial charge in [0.2, 0.25) is 0 Å². The van der Waals surface area contributed by atoms with Gasteiger partial charge in [0.1, 0.15) is 0 Å². The summed E-state index contributed by atoms with van der Waals surface area (Å²) in [5.74, 6) is 0. The second-order valence-electron chi connectivity index (χ2n) is 17.7. The molecule has 0 N–H and O–H groups in total. The van der Waals surface area contributed by atoms with E-state index >= 15 is 0 Å². The summed E-state index contributed by atoms with van der Waals surface area (Å²) in [4.78, 5) is 2.69. The predicted octanol–water partition coefficient (Wildman–Crippen LogP) is 12.5. The van der Waals surface area contributed by atoms with Gasteiger partial charge in [-0.1, -0.05) is 106 Å². The Morgan fingerprint density at radius 3 is 2.02 bits per heavy atom. The van der Waals surface area contributed by atoms with Crippen molar-refractivity contribution in [3.63, 3.8) is 0 Å². The summed E-state index contributed by atoms with van der Waals surface area (Å²) >= 11 is 1.92. The van der Waals surface area contributed by atoms with Crippen molar-refractivity contribution in [2.45, 2.75) is 65.2 Å². The molecule has 4 heterocycles. The van der Waals surface area contributed by atoms with Gasteiger partial charge >= 0.3 is 6.85 Å². The molecule has 2 aromatic heterocycles. The zero-order valence-electron chi connectivity index (χ0n) is 31.8. The number of anilines is 2. The van der Waals surface area contributed by atoms with E-state index in [1.807, 2.05) is 11.3 Å². The lowest BCUT2D eigenvalue weighted by atomic mass is 9.43. The average molecular weight is 713 g/mol. The maximum absolute atomic E-state index is 2.69. The van der Waals surface area contributed by atoms with E-state index in [1.54, 1.807) is 0 Å². The fourth-order valence-corrected chi connectivity index (χ4v) is 11.9. The Morgan fingerprint density at radius 1 is 0.574 bits per heavy atom. The van der Waals surface area contributed by atoms with Crippen molar-refractivity contribution in [2.24, 2.45) is 0 Å². The molecule has 0 fully saturated rings. The Morgan fingerprint density at radius 2 is 1.24 bits per heavy atom. The molecule has 0 spiro atoms. The fourth-order valence-electron chi connectivity index (χ4n) is 10.8. The van der Waals surface area contributed by atoms with Crippen LogP contribution in [0.1, 0.15) is 62.8 Å². The SMILES string of the molecule is Cc1ccc(N2B3c4cc(C)ccc4-n4c5cc6c(cc5c5c7ccccc7c(c3c54)-c3c2ccc2sc4ccccc4c32)C(C)(C)CCC6(C)C)cc1. The number of thiophene rings is 1. The van der Waals surface area contributed by atoms with E-state index in [1.165, 1.54) is 127 Å². The van der Waals surface area contributed by atoms with Gasteiger partial charge in [0.15, 0.2) is 0 Å². The van der Waals surface area contributed by atoms with Crippen LogP contribution in [0.5, 0.6) is 0 Å². The Balaban J connectivity index is 1.37. The zero-order chi connectivity index (χ0) is 36.4. The number of nitrogens with zero attached hydrogens (tertiary/aromatic N) is 2. The highest BCUT2D eigenvalue weighted by Crippen LogP contribution is 2.54. The highest BCUT2D eigenvalue weighted by atomic mass is 32.1. The first-order chi connectivity index (χ1) is 26.1. The minimum atomic E-state index is -0.00104. The Labute approximate surface area is 320 Å². The van der Waals surface area contributed by atoms with Crippen LogP contribution < -0.4 is 15.7 Å². The number of hydrogen-bond acceptors (Lipinski definition) is 2. The van der Waals surface area contributed by atoms with Gasteiger partial charge in [0.05, 0.1) is 11.0 Å². The Hall–Kier alpha value is -5.32. The third-order valence-corrected chi connectivity index (χ3v) is 14.7. The number of hydrogen-bond donors (Lipinski definition) is 0. The van der Waals surface area contributed by atoms with Gasteiger partial charge in [-0.3, -0.25) is 0 Å². The van der Waals surface area contributed by atoms with Crippen LogP contribution in [0.15, 0.2) is 115 Å². The number of fused-ring (bicyclic) bond motifs is 16. The van der Waals surface area contributed by atoms with Crippen molar-refractivity contribution in [1.29, 1.82) is 0 Å². The van der Waals surface area contributed by atoms with Gasteiger partial charge in [0.25, 0.3) is 0 Å². The second-order valence-corrected chi connectivity index (χ2v) is 18.8. The molecule has 0 saturated heterocycles. The lowest BCUT2D eigenvalue weighted by Crippen LogP contribution is -2.60. The Bertz CT molecular complexity index is 3140. The van der Waals surface area contributed by atoms with Crippen LogP contribution in [0, 0.1) is 13.8 Å². The summed E-state index contributed by atoms with van der Waals surface area (Å²) in [7, 11) is 0. The highest BCUT2D eigenvalue weighted by molar-refractivity contribution is 7.26. The molecule has 12 rings (SSSR count). The van der Waals surface area contributed by atoms with Gasteiger partial charge in [0, 0.05) is 53.6 Å². The monoisotopic (exact) mass is 712 g/mol. The molecule has 7 aromatic carbocycles. The van der Waals surface area contributed by atoms with Gasteiger partial charge in [-0.25, -0.2) is 0 Å². The number of aromatic nitrogens is 1. The van der Waals surface area contributed by atoms with E-state index < -0.39 is 0 Å². The van der Waals surface area contributed by atoms with Crippen molar-refractivity contribution < 1.29 is 0 Å². The number of rotatable bonds is 1. The van der Waals surface area contributed by atoms with Gasteiger partial charge in [-0.05, 0) is 124 Å². The maximum atomic E-state index is 2.69. The molecular weight excluding hydrogens is 671 g/mol. The number of aryl methyl sites for hydroxylation is 2. The summed E-state index contributed by atoms with van der Waals surface area (Å²) in [5.41, 5.74) is 17.9. The average Bonchev–Trinajstić information content (AvgIpc) is 3.72. The largest absolute Gasteiger partial charge is 0.376 e. The van der Waals surface area contributed by atoms with Gasteiger partial charge < -0.3 is 9.38 Å². The van der Waals surface area contributed by atoms with Gasteiger partial charge in [-0.2, -0.15) is 0 Å². The molecule has 260 valence electrons. The highest BCUT2D eigenvalue weighted by Gasteiger charge is 2.46. The third kappa shape index (κ3) is 3.82. The molecule has 0 amide bonds. The van der Waals surface area contributed by atoms with E-state index in [9.17, 15) is 0 Å². The topological polar surface area (TPSA) is 8.17 Å². The first kappa shape index (κ1) is 31.1. The van der Waals surface area contributed by atoms with E-state index in [0.29, 0.717) is 0 Å². The van der Waals surface area contributed by atoms with Crippen LogP contribution in [0.25, 0.3) is 69.6 Å². The second kappa shape index (κ2) is 10.3. The van der Waals surface area contributed by atoms with Crippen molar-refractivity contribution in [3.05, 3.63) is 138 Å². The van der Waals surface area contributed by atoms with E-state index in [4.69, 9.17) is 0 Å². The fraction of sp³-hybridized carbons (Fsp3) is 0.200. The number of benzene rings is 7. The van der Waals surface area contributed by atoms with Crippen LogP contribution in [-0.2, 0) is 10.8 Å². The van der Waals surface area contributed by atoms with Crippen molar-refractivity contribution >= 4 is 93.2 Å². The minimum Gasteiger partial charge on any atom is -0.376 e. The summed E-state index contributed by atoms with van der Waals surface area (Å²) in [6, 6.07) is 44.9. The predicted molar refractivity (Wildman–Crippen MR) is 235 cm³/mol. The lowest BCUT2D eigenvalue weighted by Gasteiger charge is -2.43. The van der Waals surface area contributed by atoms with E-state index in [0.717, 1.165) is 0 Å². The van der Waals surface area contributed by atoms with Gasteiger partial charge in [-0.15, -0.1) is 11.3 Å². The van der Waals surface area contributed by atoms with Crippen molar-refractivity contribution in [3.8, 4) is 16.8 Å². The first-order valence-corrected chi connectivity index (χ1v) is 20.4. The summed E-state index contributed by atoms with van der Waals surface area (Å²) in [5, 5.41) is 8.20. The normalized spacial score (nSPS) is 16.4. The molecule has 2 aliphatic heterocycles. The zero-order valence-corrected chi connectivity index (χ0v) is 32.6. The summed E-state index contributed by atoms with van der Waals surface area (Å²) < 4.78 is 5.37. The smallest absolute Gasteiger partial charge is 0.333 e. The molecule has 2 nitrogen and oxygen atoms in total. The van der Waals surface area contributed by atoms with Crippen molar-refractivity contribution in [1.82, 2.24) is 4.57 Å². The summed E-state index contributed by atoms with van der Waals surface area (Å²) in [6.07, 6.45) is 2.40. The van der Waals surface area contributed by atoms with Crippen molar-refractivity contribution in [2.75, 3.05) is 4.81 Å². The van der Waals surface area contributed by atoms with Crippen LogP contribution in [0.2, 0.25) is 0 Å². The van der Waals surface area contributed by atoms with Crippen LogP contribution in [0.3, 0.4) is 0 Å². The molecule has 54 heavy (non-hydrogen) atoms. The third-order valence-electron chi connectivity index (χ3n) is 13.5. The molecular formula is C50H41BN2S. The summed E-state index contributed by atoms with van der Waals surface area (Å²) in [6.45, 7) is 14.3. The van der Waals surface area contributed by atoms with E-state index in [2.05, 4.69) is 166 Å². The van der Waals surface area contributed by atoms with Crippen LogP contribution in [0.4, 0.5) is 11.4 Å². The molecule has 1 aliphatic carbocycles. The molecule has 0 atom stereocenters. The molecule has 9 aromatic rings. The molecule has 0 unspecified atom stereocenters. The molecule has 0 saturated carbocycles.